The van der Waals surface area contributed by atoms with Gasteiger partial charge in [0.05, 0.1) is 36.0 Å². The quantitative estimate of drug-likeness (QED) is 0.692. The monoisotopic (exact) mass is 391 g/mol. The number of pyridine rings is 2. The molecule has 5 rings (SSSR count). The molecule has 150 valence electrons. The molecular formula is C22H25N5O2. The van der Waals surface area contributed by atoms with E-state index in [9.17, 15) is 4.79 Å². The molecule has 1 unspecified atom stereocenters. The standard InChI is InChI=1S/C22H25N5O2/c1-3-27(12(2)17-7-6-14(9-24-17)13-4-5-13)22(28)19-8-18-20(25-19)15-10-29-11-16(15)21(23)26-18/h6-9,12-13,25H,3-5,10-11H2,1-2H3,(H2,23,26). The fourth-order valence-corrected chi connectivity index (χ4v) is 4.19. The molecule has 2 aliphatic rings. The van der Waals surface area contributed by atoms with Crippen molar-refractivity contribution in [2.45, 2.75) is 51.9 Å². The zero-order valence-electron chi connectivity index (χ0n) is 16.7. The van der Waals surface area contributed by atoms with Gasteiger partial charge in [0.25, 0.3) is 5.91 Å². The SMILES string of the molecule is CCN(C(=O)c1cc2nc(N)c3c(c2[nH]1)COC3)C(C)c1ccc(C2CC2)cn1. The molecule has 0 saturated heterocycles. The van der Waals surface area contributed by atoms with Crippen LogP contribution in [0.1, 0.15) is 71.5 Å². The Hall–Kier alpha value is -2.93. The number of fused-ring (bicyclic) bond motifs is 3. The van der Waals surface area contributed by atoms with Crippen LogP contribution in [0.25, 0.3) is 11.0 Å². The van der Waals surface area contributed by atoms with Gasteiger partial charge in [-0.05, 0) is 50.3 Å². The summed E-state index contributed by atoms with van der Waals surface area (Å²) in [6.45, 7) is 5.53. The number of aromatic nitrogens is 3. The van der Waals surface area contributed by atoms with Crippen LogP contribution >= 0.6 is 0 Å². The van der Waals surface area contributed by atoms with Crippen LogP contribution in [0.4, 0.5) is 5.82 Å². The fraction of sp³-hybridized carbons (Fsp3) is 0.409. The zero-order chi connectivity index (χ0) is 20.1. The third-order valence-electron chi connectivity index (χ3n) is 6.09. The molecule has 3 aromatic rings. The fourth-order valence-electron chi connectivity index (χ4n) is 4.19. The highest BCUT2D eigenvalue weighted by Gasteiger charge is 2.27. The smallest absolute Gasteiger partial charge is 0.270 e. The van der Waals surface area contributed by atoms with Crippen molar-refractivity contribution in [3.05, 3.63) is 52.5 Å². The largest absolute Gasteiger partial charge is 0.383 e. The molecule has 1 aliphatic heterocycles. The molecule has 4 heterocycles. The topological polar surface area (TPSA) is 97.1 Å². The lowest BCUT2D eigenvalue weighted by Gasteiger charge is -2.27. The summed E-state index contributed by atoms with van der Waals surface area (Å²) >= 11 is 0. The van der Waals surface area contributed by atoms with E-state index in [0.29, 0.717) is 42.7 Å². The molecule has 7 heteroatoms. The number of carbonyl (C=O) groups is 1. The number of nitrogens with zero attached hydrogens (tertiary/aromatic N) is 3. The van der Waals surface area contributed by atoms with Crippen LogP contribution in [0.2, 0.25) is 0 Å². The number of hydrogen-bond donors (Lipinski definition) is 2. The molecule has 0 spiro atoms. The van der Waals surface area contributed by atoms with Gasteiger partial charge >= 0.3 is 0 Å². The summed E-state index contributed by atoms with van der Waals surface area (Å²) < 4.78 is 5.53. The van der Waals surface area contributed by atoms with E-state index in [1.807, 2.05) is 31.0 Å². The first-order valence-electron chi connectivity index (χ1n) is 10.2. The van der Waals surface area contributed by atoms with Gasteiger partial charge in [-0.25, -0.2) is 4.98 Å². The highest BCUT2D eigenvalue weighted by Crippen LogP contribution is 2.40. The summed E-state index contributed by atoms with van der Waals surface area (Å²) in [6, 6.07) is 5.85. The van der Waals surface area contributed by atoms with Crippen LogP contribution in [0.5, 0.6) is 0 Å². The van der Waals surface area contributed by atoms with Crippen LogP contribution < -0.4 is 5.73 Å². The lowest BCUT2D eigenvalue weighted by atomic mass is 10.1. The Balaban J connectivity index is 1.44. The first-order valence-corrected chi connectivity index (χ1v) is 10.2. The molecule has 3 aromatic heterocycles. The van der Waals surface area contributed by atoms with Crippen molar-refractivity contribution in [1.82, 2.24) is 19.9 Å². The van der Waals surface area contributed by atoms with Gasteiger partial charge in [-0.2, -0.15) is 0 Å². The van der Waals surface area contributed by atoms with E-state index in [2.05, 4.69) is 21.0 Å². The highest BCUT2D eigenvalue weighted by molar-refractivity contribution is 5.98. The Kier molecular flexibility index (Phi) is 4.28. The Morgan fingerprint density at radius 2 is 2.14 bits per heavy atom. The summed E-state index contributed by atoms with van der Waals surface area (Å²) in [4.78, 5) is 27.5. The van der Waals surface area contributed by atoms with Crippen molar-refractivity contribution in [1.29, 1.82) is 0 Å². The number of nitrogens with two attached hydrogens (primary N) is 1. The van der Waals surface area contributed by atoms with Gasteiger partial charge in [-0.1, -0.05) is 6.07 Å². The second kappa shape index (κ2) is 6.84. The van der Waals surface area contributed by atoms with Gasteiger partial charge in [0.1, 0.15) is 11.5 Å². The second-order valence-electron chi connectivity index (χ2n) is 7.95. The maximum absolute atomic E-state index is 13.3. The first-order chi connectivity index (χ1) is 14.1. The molecule has 1 fully saturated rings. The van der Waals surface area contributed by atoms with Crippen LogP contribution in [-0.2, 0) is 18.0 Å². The van der Waals surface area contributed by atoms with Crippen LogP contribution in [0.3, 0.4) is 0 Å². The van der Waals surface area contributed by atoms with E-state index in [4.69, 9.17) is 10.5 Å². The number of H-pyrrole nitrogens is 1. The molecule has 1 atom stereocenters. The molecule has 0 radical (unpaired) electrons. The average molecular weight is 391 g/mol. The van der Waals surface area contributed by atoms with Crippen LogP contribution in [-0.4, -0.2) is 32.3 Å². The normalized spacial score (nSPS) is 16.8. The molecule has 29 heavy (non-hydrogen) atoms. The second-order valence-corrected chi connectivity index (χ2v) is 7.95. The zero-order valence-corrected chi connectivity index (χ0v) is 16.7. The first kappa shape index (κ1) is 18.1. The lowest BCUT2D eigenvalue weighted by Crippen LogP contribution is -2.34. The lowest BCUT2D eigenvalue weighted by molar-refractivity contribution is 0.0694. The molecule has 1 aliphatic carbocycles. The van der Waals surface area contributed by atoms with Gasteiger partial charge < -0.3 is 20.4 Å². The van der Waals surface area contributed by atoms with E-state index in [1.165, 1.54) is 18.4 Å². The van der Waals surface area contributed by atoms with Gasteiger partial charge in [0.15, 0.2) is 0 Å². The number of nitrogens with one attached hydrogen (secondary N) is 1. The van der Waals surface area contributed by atoms with E-state index in [0.717, 1.165) is 22.3 Å². The number of aromatic amines is 1. The van der Waals surface area contributed by atoms with Gasteiger partial charge in [0, 0.05) is 23.9 Å². The Morgan fingerprint density at radius 3 is 2.83 bits per heavy atom. The Morgan fingerprint density at radius 1 is 1.34 bits per heavy atom. The molecule has 0 bridgehead atoms. The van der Waals surface area contributed by atoms with Crippen molar-refractivity contribution in [2.24, 2.45) is 0 Å². The summed E-state index contributed by atoms with van der Waals surface area (Å²) in [5.41, 5.74) is 12.2. The van der Waals surface area contributed by atoms with Crippen LogP contribution in [0, 0.1) is 0 Å². The number of carbonyl (C=O) groups excluding carboxylic acids is 1. The van der Waals surface area contributed by atoms with Gasteiger partial charge in [0.2, 0.25) is 0 Å². The molecule has 0 aromatic carbocycles. The predicted octanol–water partition coefficient (Wildman–Crippen LogP) is 3.67. The van der Waals surface area contributed by atoms with E-state index in [1.54, 1.807) is 6.07 Å². The summed E-state index contributed by atoms with van der Waals surface area (Å²) in [5.74, 6) is 1.08. The van der Waals surface area contributed by atoms with Crippen LogP contribution in [0.15, 0.2) is 24.4 Å². The summed E-state index contributed by atoms with van der Waals surface area (Å²) in [6.07, 6.45) is 4.47. The van der Waals surface area contributed by atoms with E-state index in [-0.39, 0.29) is 11.9 Å². The van der Waals surface area contributed by atoms with E-state index >= 15 is 0 Å². The molecule has 7 nitrogen and oxygen atoms in total. The Labute approximate surface area is 169 Å². The van der Waals surface area contributed by atoms with Crippen molar-refractivity contribution in [2.75, 3.05) is 12.3 Å². The molecule has 1 saturated carbocycles. The van der Waals surface area contributed by atoms with Crippen molar-refractivity contribution >= 4 is 22.8 Å². The number of nitrogen functional groups attached to an aromatic ring is 1. The number of ether oxygens (including phenoxy) is 1. The molecule has 1 amide bonds. The average Bonchev–Trinajstić information content (AvgIpc) is 3.29. The minimum atomic E-state index is -0.126. The summed E-state index contributed by atoms with van der Waals surface area (Å²) in [7, 11) is 0. The number of rotatable bonds is 5. The molecule has 3 N–H and O–H groups in total. The number of amides is 1. The van der Waals surface area contributed by atoms with Gasteiger partial charge in [-0.15, -0.1) is 0 Å². The molecular weight excluding hydrogens is 366 g/mol. The Bertz CT molecular complexity index is 1080. The maximum Gasteiger partial charge on any atom is 0.270 e. The number of hydrogen-bond acceptors (Lipinski definition) is 5. The third-order valence-corrected chi connectivity index (χ3v) is 6.09. The van der Waals surface area contributed by atoms with Gasteiger partial charge in [-0.3, -0.25) is 9.78 Å². The number of anilines is 1. The third kappa shape index (κ3) is 3.06. The maximum atomic E-state index is 13.3. The predicted molar refractivity (Wildman–Crippen MR) is 110 cm³/mol. The van der Waals surface area contributed by atoms with Crippen molar-refractivity contribution in [3.63, 3.8) is 0 Å². The highest BCUT2D eigenvalue weighted by atomic mass is 16.5. The minimum Gasteiger partial charge on any atom is -0.383 e. The van der Waals surface area contributed by atoms with Crippen molar-refractivity contribution < 1.29 is 9.53 Å². The van der Waals surface area contributed by atoms with E-state index < -0.39 is 0 Å². The minimum absolute atomic E-state index is 0.0719. The summed E-state index contributed by atoms with van der Waals surface area (Å²) in [5, 5.41) is 0. The van der Waals surface area contributed by atoms with Crippen molar-refractivity contribution in [3.8, 4) is 0 Å².